The third kappa shape index (κ3) is 0.430. The van der Waals surface area contributed by atoms with Gasteiger partial charge in [0.15, 0.2) is 0 Å². The molecule has 0 heterocycles. The van der Waals surface area contributed by atoms with Crippen molar-refractivity contribution >= 4 is 0 Å². The largest absolute Gasteiger partial charge is 0.393 e. The zero-order valence-electron chi connectivity index (χ0n) is 6.21. The summed E-state index contributed by atoms with van der Waals surface area (Å²) in [4.78, 5) is 0. The van der Waals surface area contributed by atoms with Gasteiger partial charge in [0.25, 0.3) is 0 Å². The van der Waals surface area contributed by atoms with E-state index >= 15 is 0 Å². The van der Waals surface area contributed by atoms with E-state index in [4.69, 9.17) is 0 Å². The number of aliphatic hydroxyl groups excluding tert-OH is 1. The molecule has 0 aromatic heterocycles. The smallest absolute Gasteiger partial charge is 0.0576 e. The fourth-order valence-corrected chi connectivity index (χ4v) is 3.57. The van der Waals surface area contributed by atoms with E-state index in [2.05, 4.69) is 0 Å². The van der Waals surface area contributed by atoms with Gasteiger partial charge in [-0.15, -0.1) is 0 Å². The van der Waals surface area contributed by atoms with Crippen molar-refractivity contribution in [3.05, 3.63) is 0 Å². The standard InChI is InChI=1S/C9H14O/c10-8-5-6-1-2-7(8)9(6)3-4-9/h6-8,10H,1-5H2/t6-,7+,8+/m0/s1. The first-order chi connectivity index (χ1) is 4.83. The molecule has 0 radical (unpaired) electrons. The van der Waals surface area contributed by atoms with Crippen molar-refractivity contribution in [1.29, 1.82) is 0 Å². The summed E-state index contributed by atoms with van der Waals surface area (Å²) >= 11 is 0. The van der Waals surface area contributed by atoms with Crippen LogP contribution in [0.2, 0.25) is 0 Å². The summed E-state index contributed by atoms with van der Waals surface area (Å²) in [5.74, 6) is 1.64. The van der Waals surface area contributed by atoms with Crippen LogP contribution in [-0.2, 0) is 0 Å². The molecule has 0 amide bonds. The quantitative estimate of drug-likeness (QED) is 0.538. The van der Waals surface area contributed by atoms with E-state index < -0.39 is 0 Å². The number of aliphatic hydroxyl groups is 1. The first-order valence-electron chi connectivity index (χ1n) is 4.51. The predicted molar refractivity (Wildman–Crippen MR) is 38.5 cm³/mol. The molecule has 3 aliphatic carbocycles. The first kappa shape index (κ1) is 5.59. The molecule has 1 heteroatoms. The summed E-state index contributed by atoms with van der Waals surface area (Å²) in [6, 6.07) is 0. The van der Waals surface area contributed by atoms with Gasteiger partial charge in [0.1, 0.15) is 0 Å². The second-order valence-corrected chi connectivity index (χ2v) is 4.42. The van der Waals surface area contributed by atoms with Crippen molar-refractivity contribution in [2.75, 3.05) is 0 Å². The maximum Gasteiger partial charge on any atom is 0.0576 e. The van der Waals surface area contributed by atoms with Gasteiger partial charge in [-0.3, -0.25) is 0 Å². The average molecular weight is 138 g/mol. The topological polar surface area (TPSA) is 20.2 Å². The lowest BCUT2D eigenvalue weighted by Crippen LogP contribution is -2.17. The van der Waals surface area contributed by atoms with E-state index in [-0.39, 0.29) is 6.10 Å². The summed E-state index contributed by atoms with van der Waals surface area (Å²) in [6.07, 6.45) is 6.82. The van der Waals surface area contributed by atoms with E-state index in [0.29, 0.717) is 5.41 Å². The van der Waals surface area contributed by atoms with Crippen molar-refractivity contribution in [2.45, 2.75) is 38.2 Å². The molecule has 3 saturated carbocycles. The Kier molecular flexibility index (Phi) is 0.797. The first-order valence-corrected chi connectivity index (χ1v) is 4.51. The van der Waals surface area contributed by atoms with Gasteiger partial charge in [0.2, 0.25) is 0 Å². The second kappa shape index (κ2) is 1.42. The Morgan fingerprint density at radius 3 is 2.30 bits per heavy atom. The highest BCUT2D eigenvalue weighted by atomic mass is 16.3. The molecule has 0 saturated heterocycles. The van der Waals surface area contributed by atoms with Crippen LogP contribution in [0.4, 0.5) is 0 Å². The fourth-order valence-electron chi connectivity index (χ4n) is 3.57. The number of rotatable bonds is 0. The van der Waals surface area contributed by atoms with Gasteiger partial charge in [-0.05, 0) is 49.4 Å². The molecule has 10 heavy (non-hydrogen) atoms. The van der Waals surface area contributed by atoms with Crippen molar-refractivity contribution in [2.24, 2.45) is 17.3 Å². The Morgan fingerprint density at radius 2 is 2.00 bits per heavy atom. The van der Waals surface area contributed by atoms with Crippen LogP contribution in [0.3, 0.4) is 0 Å². The molecule has 1 spiro atoms. The molecule has 3 atom stereocenters. The molecule has 0 unspecified atom stereocenters. The van der Waals surface area contributed by atoms with Crippen LogP contribution >= 0.6 is 0 Å². The molecule has 3 rings (SSSR count). The summed E-state index contributed by atoms with van der Waals surface area (Å²) in [5.41, 5.74) is 0.694. The Bertz CT molecular complexity index is 172. The predicted octanol–water partition coefficient (Wildman–Crippen LogP) is 1.56. The maximum atomic E-state index is 9.59. The van der Waals surface area contributed by atoms with E-state index in [1.165, 1.54) is 25.7 Å². The molecule has 1 N–H and O–H groups in total. The van der Waals surface area contributed by atoms with Crippen molar-refractivity contribution in [3.63, 3.8) is 0 Å². The van der Waals surface area contributed by atoms with E-state index in [9.17, 15) is 5.11 Å². The Labute approximate surface area is 61.4 Å². The molecular formula is C9H14O. The zero-order valence-corrected chi connectivity index (χ0v) is 6.21. The molecule has 2 bridgehead atoms. The highest BCUT2D eigenvalue weighted by Crippen LogP contribution is 2.70. The van der Waals surface area contributed by atoms with Gasteiger partial charge >= 0.3 is 0 Å². The van der Waals surface area contributed by atoms with Gasteiger partial charge in [-0.1, -0.05) is 0 Å². The van der Waals surface area contributed by atoms with Crippen molar-refractivity contribution < 1.29 is 5.11 Å². The van der Waals surface area contributed by atoms with Crippen LogP contribution in [0.1, 0.15) is 32.1 Å². The average Bonchev–Trinajstić information content (AvgIpc) is 2.55. The van der Waals surface area contributed by atoms with Crippen LogP contribution in [0.25, 0.3) is 0 Å². The molecule has 0 aliphatic heterocycles. The summed E-state index contributed by atoms with van der Waals surface area (Å²) in [5, 5.41) is 9.59. The van der Waals surface area contributed by atoms with Gasteiger partial charge < -0.3 is 5.11 Å². The number of hydrogen-bond donors (Lipinski definition) is 1. The lowest BCUT2D eigenvalue weighted by atomic mass is 9.94. The minimum atomic E-state index is 0.0845. The monoisotopic (exact) mass is 138 g/mol. The third-order valence-corrected chi connectivity index (χ3v) is 4.20. The highest BCUT2D eigenvalue weighted by molar-refractivity contribution is 5.14. The summed E-state index contributed by atoms with van der Waals surface area (Å²) in [6.45, 7) is 0. The van der Waals surface area contributed by atoms with E-state index in [1.54, 1.807) is 0 Å². The third-order valence-electron chi connectivity index (χ3n) is 4.20. The van der Waals surface area contributed by atoms with Gasteiger partial charge in [-0.2, -0.15) is 0 Å². The minimum Gasteiger partial charge on any atom is -0.393 e. The van der Waals surface area contributed by atoms with Crippen LogP contribution in [0.5, 0.6) is 0 Å². The molecule has 3 aliphatic rings. The van der Waals surface area contributed by atoms with Gasteiger partial charge in [0, 0.05) is 0 Å². The molecule has 3 fully saturated rings. The Morgan fingerprint density at radius 1 is 1.20 bits per heavy atom. The molecule has 1 nitrogen and oxygen atoms in total. The lowest BCUT2D eigenvalue weighted by molar-refractivity contribution is 0.105. The van der Waals surface area contributed by atoms with Gasteiger partial charge in [0.05, 0.1) is 6.10 Å². The van der Waals surface area contributed by atoms with Crippen LogP contribution in [0.15, 0.2) is 0 Å². The fraction of sp³-hybridized carbons (Fsp3) is 1.00. The highest BCUT2D eigenvalue weighted by Gasteiger charge is 2.64. The molecular weight excluding hydrogens is 124 g/mol. The van der Waals surface area contributed by atoms with Gasteiger partial charge in [-0.25, -0.2) is 0 Å². The van der Waals surface area contributed by atoms with Crippen LogP contribution in [-0.4, -0.2) is 11.2 Å². The Hall–Kier alpha value is -0.0400. The number of hydrogen-bond acceptors (Lipinski definition) is 1. The normalized spacial score (nSPS) is 54.3. The molecule has 0 aromatic rings. The molecule has 0 aromatic carbocycles. The summed E-state index contributed by atoms with van der Waals surface area (Å²) in [7, 11) is 0. The Balaban J connectivity index is 2.00. The maximum absolute atomic E-state index is 9.59. The van der Waals surface area contributed by atoms with Crippen molar-refractivity contribution in [3.8, 4) is 0 Å². The minimum absolute atomic E-state index is 0.0845. The van der Waals surface area contributed by atoms with Crippen LogP contribution in [0, 0.1) is 17.3 Å². The zero-order chi connectivity index (χ0) is 6.77. The van der Waals surface area contributed by atoms with Crippen molar-refractivity contribution in [1.82, 2.24) is 0 Å². The molecule has 56 valence electrons. The SMILES string of the molecule is O[C@@H]1C[C@@H]2CC[C@H]1C21CC1. The second-order valence-electron chi connectivity index (χ2n) is 4.42. The van der Waals surface area contributed by atoms with E-state index in [0.717, 1.165) is 18.3 Å². The van der Waals surface area contributed by atoms with E-state index in [1.807, 2.05) is 0 Å². The lowest BCUT2D eigenvalue weighted by Gasteiger charge is -2.15. The summed E-state index contributed by atoms with van der Waals surface area (Å²) < 4.78 is 0. The van der Waals surface area contributed by atoms with Crippen LogP contribution < -0.4 is 0 Å².